The third-order valence-corrected chi connectivity index (χ3v) is 5.46. The summed E-state index contributed by atoms with van der Waals surface area (Å²) in [6.07, 6.45) is -2.64. The smallest absolute Gasteiger partial charge is 0.339 e. The molecule has 0 atom stereocenters. The van der Waals surface area contributed by atoms with E-state index in [0.29, 0.717) is 50.3 Å². The van der Waals surface area contributed by atoms with Gasteiger partial charge in [-0.2, -0.15) is 18.3 Å². The lowest BCUT2D eigenvalue weighted by molar-refractivity contribution is -0.138. The number of aromatic nitrogens is 4. The van der Waals surface area contributed by atoms with E-state index in [2.05, 4.69) is 25.5 Å². The van der Waals surface area contributed by atoms with E-state index in [9.17, 15) is 22.8 Å². The molecule has 1 fully saturated rings. The summed E-state index contributed by atoms with van der Waals surface area (Å²) in [6.45, 7) is 2.61. The summed E-state index contributed by atoms with van der Waals surface area (Å²) in [4.78, 5) is 35.5. The van der Waals surface area contributed by atoms with Crippen molar-refractivity contribution in [2.45, 2.75) is 19.1 Å². The first-order valence-electron chi connectivity index (χ1n) is 10.4. The Kier molecular flexibility index (Phi) is 6.54. The van der Waals surface area contributed by atoms with Gasteiger partial charge in [0, 0.05) is 63.5 Å². The van der Waals surface area contributed by atoms with Crippen molar-refractivity contribution in [1.29, 1.82) is 0 Å². The molecule has 4 rings (SSSR count). The number of H-pyrrole nitrogens is 1. The summed E-state index contributed by atoms with van der Waals surface area (Å²) in [6, 6.07) is 7.20. The molecule has 0 aliphatic carbocycles. The fourth-order valence-electron chi connectivity index (χ4n) is 3.65. The topological polar surface area (TPSA) is 107 Å². The highest BCUT2D eigenvalue weighted by molar-refractivity contribution is 5.83. The van der Waals surface area contributed by atoms with Crippen LogP contribution in [0.15, 0.2) is 41.5 Å². The van der Waals surface area contributed by atoms with Gasteiger partial charge in [0.1, 0.15) is 0 Å². The average Bonchev–Trinajstić information content (AvgIpc) is 2.83. The Morgan fingerprint density at radius 3 is 2.39 bits per heavy atom. The second-order valence-corrected chi connectivity index (χ2v) is 7.61. The zero-order chi connectivity index (χ0) is 23.4. The van der Waals surface area contributed by atoms with Gasteiger partial charge < -0.3 is 15.1 Å². The summed E-state index contributed by atoms with van der Waals surface area (Å²) in [5.41, 5.74) is -0.439. The normalized spacial score (nSPS) is 14.6. The van der Waals surface area contributed by atoms with Gasteiger partial charge in [-0.15, -0.1) is 0 Å². The van der Waals surface area contributed by atoms with Crippen molar-refractivity contribution in [2.75, 3.05) is 37.6 Å². The highest BCUT2D eigenvalue weighted by atomic mass is 19.4. The van der Waals surface area contributed by atoms with Gasteiger partial charge in [0.25, 0.3) is 5.56 Å². The fraction of sp³-hybridized carbons (Fsp3) is 0.381. The summed E-state index contributed by atoms with van der Waals surface area (Å²) in [5, 5.41) is 11.1. The molecule has 0 bridgehead atoms. The second-order valence-electron chi connectivity index (χ2n) is 7.61. The molecule has 0 saturated carbocycles. The minimum Gasteiger partial charge on any atom is -0.339 e. The average molecular weight is 461 g/mol. The number of piperazine rings is 1. The van der Waals surface area contributed by atoms with E-state index in [1.54, 1.807) is 21.9 Å². The summed E-state index contributed by atoms with van der Waals surface area (Å²) >= 11 is 0. The number of fused-ring (bicyclic) bond motifs is 1. The molecule has 1 aromatic carbocycles. The molecule has 0 unspecified atom stereocenters. The summed E-state index contributed by atoms with van der Waals surface area (Å²) < 4.78 is 38.0. The van der Waals surface area contributed by atoms with Crippen molar-refractivity contribution in [2.24, 2.45) is 0 Å². The maximum absolute atomic E-state index is 12.7. The van der Waals surface area contributed by atoms with E-state index >= 15 is 0 Å². The molecule has 0 spiro atoms. The zero-order valence-corrected chi connectivity index (χ0v) is 17.6. The molecule has 0 radical (unpaired) electrons. The van der Waals surface area contributed by atoms with Gasteiger partial charge in [-0.1, -0.05) is 18.2 Å². The molecule has 1 saturated heterocycles. The van der Waals surface area contributed by atoms with Gasteiger partial charge in [-0.25, -0.2) is 15.1 Å². The van der Waals surface area contributed by atoms with Crippen LogP contribution < -0.4 is 15.8 Å². The van der Waals surface area contributed by atoms with Crippen LogP contribution in [0.1, 0.15) is 17.7 Å². The van der Waals surface area contributed by atoms with Gasteiger partial charge >= 0.3 is 6.18 Å². The molecule has 1 aliphatic rings. The van der Waals surface area contributed by atoms with Crippen LogP contribution in [0.25, 0.3) is 10.8 Å². The molecule has 174 valence electrons. The van der Waals surface area contributed by atoms with Crippen LogP contribution in [0, 0.1) is 0 Å². The van der Waals surface area contributed by atoms with Gasteiger partial charge in [0.05, 0.1) is 16.6 Å². The maximum atomic E-state index is 12.7. The number of aromatic amines is 1. The van der Waals surface area contributed by atoms with Gasteiger partial charge in [-0.3, -0.25) is 9.59 Å². The number of anilines is 1. The third-order valence-electron chi connectivity index (χ3n) is 5.46. The SMILES string of the molecule is O=C(CCNCc1n[nH]c(=O)c2ccccc12)N1CCN(c2ncc(C(F)(F)F)cn2)CC1. The number of halogens is 3. The molecular formula is C21H22F3N7O2. The van der Waals surface area contributed by atoms with Crippen molar-refractivity contribution in [3.05, 3.63) is 58.3 Å². The van der Waals surface area contributed by atoms with Crippen molar-refractivity contribution in [1.82, 2.24) is 30.4 Å². The standard InChI is InChI=1S/C21H22F3N7O2/c22-21(23,24)14-11-26-20(27-12-14)31-9-7-30(8-10-31)18(32)5-6-25-13-17-15-3-1-2-4-16(15)19(33)29-28-17/h1-4,11-12,25H,5-10,13H2,(H,29,33). The van der Waals surface area contributed by atoms with Gasteiger partial charge in [0.2, 0.25) is 11.9 Å². The Bertz CT molecular complexity index is 1170. The molecule has 1 amide bonds. The van der Waals surface area contributed by atoms with Crippen LogP contribution in [-0.2, 0) is 17.5 Å². The van der Waals surface area contributed by atoms with Crippen LogP contribution in [0.3, 0.4) is 0 Å². The van der Waals surface area contributed by atoms with E-state index in [0.717, 1.165) is 17.8 Å². The second kappa shape index (κ2) is 9.53. The lowest BCUT2D eigenvalue weighted by Crippen LogP contribution is -2.49. The Balaban J connectivity index is 1.23. The number of rotatable bonds is 6. The largest absolute Gasteiger partial charge is 0.419 e. The highest BCUT2D eigenvalue weighted by Gasteiger charge is 2.32. The predicted octanol–water partition coefficient (Wildman–Crippen LogP) is 1.56. The number of amides is 1. The van der Waals surface area contributed by atoms with Crippen molar-refractivity contribution in [3.63, 3.8) is 0 Å². The number of hydrogen-bond acceptors (Lipinski definition) is 7. The molecule has 3 aromatic rings. The van der Waals surface area contributed by atoms with Crippen LogP contribution >= 0.6 is 0 Å². The first kappa shape index (κ1) is 22.6. The monoisotopic (exact) mass is 461 g/mol. The fourth-order valence-corrected chi connectivity index (χ4v) is 3.65. The molecule has 12 heteroatoms. The van der Waals surface area contributed by atoms with Crippen LogP contribution in [-0.4, -0.2) is 63.7 Å². The molecule has 2 N–H and O–H groups in total. The molecule has 9 nitrogen and oxygen atoms in total. The molecule has 33 heavy (non-hydrogen) atoms. The van der Waals surface area contributed by atoms with Crippen LogP contribution in [0.4, 0.5) is 19.1 Å². The number of nitrogens with one attached hydrogen (secondary N) is 2. The number of benzene rings is 1. The number of alkyl halides is 3. The van der Waals surface area contributed by atoms with Gasteiger partial charge in [-0.05, 0) is 6.07 Å². The third kappa shape index (κ3) is 5.28. The first-order chi connectivity index (χ1) is 15.8. The van der Waals surface area contributed by atoms with E-state index in [1.165, 1.54) is 0 Å². The minimum absolute atomic E-state index is 0.0187. The lowest BCUT2D eigenvalue weighted by Gasteiger charge is -2.34. The Labute approximate surface area is 186 Å². The minimum atomic E-state index is -4.47. The molecule has 2 aromatic heterocycles. The lowest BCUT2D eigenvalue weighted by atomic mass is 10.1. The Hall–Kier alpha value is -3.54. The van der Waals surface area contributed by atoms with E-state index < -0.39 is 11.7 Å². The summed E-state index contributed by atoms with van der Waals surface area (Å²) in [7, 11) is 0. The maximum Gasteiger partial charge on any atom is 0.419 e. The Morgan fingerprint density at radius 1 is 1.06 bits per heavy atom. The van der Waals surface area contributed by atoms with E-state index in [-0.39, 0.29) is 23.8 Å². The molecular weight excluding hydrogens is 439 g/mol. The van der Waals surface area contributed by atoms with Crippen LogP contribution in [0.2, 0.25) is 0 Å². The number of carbonyl (C=O) groups is 1. The van der Waals surface area contributed by atoms with Crippen LogP contribution in [0.5, 0.6) is 0 Å². The highest BCUT2D eigenvalue weighted by Crippen LogP contribution is 2.28. The number of carbonyl (C=O) groups excluding carboxylic acids is 1. The first-order valence-corrected chi connectivity index (χ1v) is 10.4. The molecule has 1 aliphatic heterocycles. The van der Waals surface area contributed by atoms with E-state index in [4.69, 9.17) is 0 Å². The predicted molar refractivity (Wildman–Crippen MR) is 115 cm³/mol. The van der Waals surface area contributed by atoms with Crippen molar-refractivity contribution >= 4 is 22.6 Å². The Morgan fingerprint density at radius 2 is 1.73 bits per heavy atom. The molecule has 3 heterocycles. The van der Waals surface area contributed by atoms with E-state index in [1.807, 2.05) is 12.1 Å². The van der Waals surface area contributed by atoms with Crippen molar-refractivity contribution in [3.8, 4) is 0 Å². The van der Waals surface area contributed by atoms with Gasteiger partial charge in [0.15, 0.2) is 0 Å². The van der Waals surface area contributed by atoms with Crippen molar-refractivity contribution < 1.29 is 18.0 Å². The number of nitrogens with zero attached hydrogens (tertiary/aromatic N) is 5. The quantitative estimate of drug-likeness (QED) is 0.537. The summed E-state index contributed by atoms with van der Waals surface area (Å²) in [5.74, 6) is 0.201. The number of hydrogen-bond donors (Lipinski definition) is 2. The zero-order valence-electron chi connectivity index (χ0n) is 17.6.